The summed E-state index contributed by atoms with van der Waals surface area (Å²) in [5.41, 5.74) is 6.08. The Morgan fingerprint density at radius 1 is 1.13 bits per heavy atom. The lowest BCUT2D eigenvalue weighted by Crippen LogP contribution is -2.54. The Hall–Kier alpha value is -1.80. The van der Waals surface area contributed by atoms with E-state index in [1.54, 1.807) is 18.2 Å². The maximum Gasteiger partial charge on any atom is 0.317 e. The number of nitrogens with one attached hydrogen (secondary N) is 1. The van der Waals surface area contributed by atoms with Crippen LogP contribution < -0.4 is 11.1 Å². The van der Waals surface area contributed by atoms with Crippen molar-refractivity contribution in [2.75, 3.05) is 31.9 Å². The monoisotopic (exact) mass is 338 g/mol. The van der Waals surface area contributed by atoms with Gasteiger partial charge in [0.15, 0.2) is 0 Å². The zero-order valence-electron chi connectivity index (χ0n) is 12.9. The van der Waals surface area contributed by atoms with E-state index in [1.807, 2.05) is 4.90 Å². The average Bonchev–Trinajstić information content (AvgIpc) is 2.56. The smallest absolute Gasteiger partial charge is 0.317 e. The fourth-order valence-corrected chi connectivity index (χ4v) is 4.83. The minimum atomic E-state index is -3.57. The van der Waals surface area contributed by atoms with E-state index in [4.69, 9.17) is 5.73 Å². The molecule has 0 aromatic heterocycles. The van der Waals surface area contributed by atoms with Crippen LogP contribution in [0.25, 0.3) is 0 Å². The van der Waals surface area contributed by atoms with Crippen molar-refractivity contribution >= 4 is 21.7 Å². The van der Waals surface area contributed by atoms with E-state index < -0.39 is 10.0 Å². The number of benzene rings is 1. The van der Waals surface area contributed by atoms with Crippen molar-refractivity contribution < 1.29 is 13.2 Å². The molecule has 0 unspecified atom stereocenters. The molecular formula is C15H22N4O3S. The molecule has 2 saturated heterocycles. The second-order valence-electron chi connectivity index (χ2n) is 5.95. The van der Waals surface area contributed by atoms with E-state index >= 15 is 0 Å². The summed E-state index contributed by atoms with van der Waals surface area (Å²) in [4.78, 5) is 13.9. The van der Waals surface area contributed by atoms with E-state index in [0.29, 0.717) is 25.9 Å². The largest absolute Gasteiger partial charge is 0.398 e. The second-order valence-corrected chi connectivity index (χ2v) is 7.86. The van der Waals surface area contributed by atoms with Crippen LogP contribution in [-0.4, -0.2) is 55.9 Å². The molecular weight excluding hydrogens is 316 g/mol. The quantitative estimate of drug-likeness (QED) is 0.798. The number of nitrogens with zero attached hydrogens (tertiary/aromatic N) is 2. The Labute approximate surface area is 136 Å². The van der Waals surface area contributed by atoms with Crippen molar-refractivity contribution in [3.8, 4) is 0 Å². The first-order valence-corrected chi connectivity index (χ1v) is 9.33. The number of sulfonamides is 1. The molecule has 3 rings (SSSR count). The third kappa shape index (κ3) is 3.13. The van der Waals surface area contributed by atoms with Crippen molar-refractivity contribution in [3.05, 3.63) is 24.3 Å². The van der Waals surface area contributed by atoms with Crippen LogP contribution in [0.3, 0.4) is 0 Å². The fraction of sp³-hybridized carbons (Fsp3) is 0.533. The minimum absolute atomic E-state index is 0.0372. The van der Waals surface area contributed by atoms with E-state index in [9.17, 15) is 13.2 Å². The molecule has 1 aromatic carbocycles. The van der Waals surface area contributed by atoms with Crippen LogP contribution in [-0.2, 0) is 10.0 Å². The number of nitrogens with two attached hydrogens (primary N) is 1. The molecule has 23 heavy (non-hydrogen) atoms. The van der Waals surface area contributed by atoms with Gasteiger partial charge in [-0.25, -0.2) is 13.2 Å². The van der Waals surface area contributed by atoms with E-state index in [2.05, 4.69) is 5.32 Å². The first-order valence-electron chi connectivity index (χ1n) is 7.89. The number of hydrogen-bond donors (Lipinski definition) is 2. The molecule has 2 heterocycles. The predicted octanol–water partition coefficient (Wildman–Crippen LogP) is 0.837. The topological polar surface area (TPSA) is 95.7 Å². The van der Waals surface area contributed by atoms with Crippen LogP contribution >= 0.6 is 0 Å². The van der Waals surface area contributed by atoms with Crippen molar-refractivity contribution in [1.29, 1.82) is 0 Å². The molecule has 2 aliphatic rings. The van der Waals surface area contributed by atoms with Crippen LogP contribution in [0, 0.1) is 0 Å². The van der Waals surface area contributed by atoms with Gasteiger partial charge < -0.3 is 16.0 Å². The third-order valence-corrected chi connectivity index (χ3v) is 6.49. The number of nitrogen functional groups attached to an aromatic ring is 1. The molecule has 7 nitrogen and oxygen atoms in total. The molecule has 2 aliphatic heterocycles. The lowest BCUT2D eigenvalue weighted by Gasteiger charge is -2.39. The van der Waals surface area contributed by atoms with Gasteiger partial charge >= 0.3 is 6.03 Å². The number of carbonyl (C=O) groups is 1. The van der Waals surface area contributed by atoms with Gasteiger partial charge in [-0.05, 0) is 31.4 Å². The number of amides is 2. The first-order chi connectivity index (χ1) is 11.0. The maximum absolute atomic E-state index is 12.7. The van der Waals surface area contributed by atoms with Gasteiger partial charge in [0.2, 0.25) is 10.0 Å². The summed E-state index contributed by atoms with van der Waals surface area (Å²) in [6, 6.07) is 6.59. The van der Waals surface area contributed by atoms with Gasteiger partial charge in [0.1, 0.15) is 4.90 Å². The van der Waals surface area contributed by atoms with E-state index in [0.717, 1.165) is 19.5 Å². The van der Waals surface area contributed by atoms with Crippen molar-refractivity contribution in [2.24, 2.45) is 0 Å². The maximum atomic E-state index is 12.7. The van der Waals surface area contributed by atoms with Gasteiger partial charge in [-0.2, -0.15) is 4.31 Å². The summed E-state index contributed by atoms with van der Waals surface area (Å²) in [7, 11) is -3.57. The van der Waals surface area contributed by atoms with Crippen LogP contribution in [0.15, 0.2) is 29.2 Å². The first kappa shape index (κ1) is 16.1. The Kier molecular flexibility index (Phi) is 4.45. The summed E-state index contributed by atoms with van der Waals surface area (Å²) in [6.07, 6.45) is 2.24. The highest BCUT2D eigenvalue weighted by Gasteiger charge is 2.34. The third-order valence-electron chi connectivity index (χ3n) is 4.51. The molecule has 126 valence electrons. The second kappa shape index (κ2) is 6.37. The lowest BCUT2D eigenvalue weighted by atomic mass is 10.0. The fourth-order valence-electron chi connectivity index (χ4n) is 3.24. The van der Waals surface area contributed by atoms with Crippen molar-refractivity contribution in [3.63, 3.8) is 0 Å². The molecule has 0 bridgehead atoms. The normalized spacial score (nSPS) is 21.2. The van der Waals surface area contributed by atoms with Crippen LogP contribution in [0.1, 0.15) is 19.3 Å². The van der Waals surface area contributed by atoms with E-state index in [-0.39, 0.29) is 22.7 Å². The molecule has 3 N–H and O–H groups in total. The highest BCUT2D eigenvalue weighted by molar-refractivity contribution is 7.89. The zero-order valence-corrected chi connectivity index (χ0v) is 13.8. The van der Waals surface area contributed by atoms with Crippen LogP contribution in [0.2, 0.25) is 0 Å². The number of para-hydroxylation sites is 1. The molecule has 0 atom stereocenters. The summed E-state index contributed by atoms with van der Waals surface area (Å²) < 4.78 is 26.9. The minimum Gasteiger partial charge on any atom is -0.398 e. The average molecular weight is 338 g/mol. The van der Waals surface area contributed by atoms with Gasteiger partial charge in [0.05, 0.1) is 5.69 Å². The number of urea groups is 1. The molecule has 0 saturated carbocycles. The zero-order chi connectivity index (χ0) is 16.4. The number of anilines is 1. The predicted molar refractivity (Wildman–Crippen MR) is 87.4 cm³/mol. The molecule has 8 heteroatoms. The van der Waals surface area contributed by atoms with Gasteiger partial charge in [-0.3, -0.25) is 0 Å². The SMILES string of the molecule is Nc1ccccc1S(=O)(=O)N1CCC(N2CCCNC2=O)CC1. The van der Waals surface area contributed by atoms with Crippen molar-refractivity contribution in [2.45, 2.75) is 30.2 Å². The summed E-state index contributed by atoms with van der Waals surface area (Å²) in [6.45, 7) is 2.28. The van der Waals surface area contributed by atoms with E-state index in [1.165, 1.54) is 10.4 Å². The molecule has 0 radical (unpaired) electrons. The summed E-state index contributed by atoms with van der Waals surface area (Å²) in [5, 5.41) is 2.84. The number of rotatable bonds is 3. The van der Waals surface area contributed by atoms with Gasteiger partial charge in [0, 0.05) is 32.2 Å². The highest BCUT2D eigenvalue weighted by Crippen LogP contribution is 2.26. The van der Waals surface area contributed by atoms with Gasteiger partial charge in [0.25, 0.3) is 0 Å². The van der Waals surface area contributed by atoms with Crippen LogP contribution in [0.5, 0.6) is 0 Å². The molecule has 1 aromatic rings. The Balaban J connectivity index is 1.69. The Bertz CT molecular complexity index is 684. The molecule has 2 fully saturated rings. The summed E-state index contributed by atoms with van der Waals surface area (Å²) in [5.74, 6) is 0. The molecule has 2 amide bonds. The molecule has 0 aliphatic carbocycles. The van der Waals surface area contributed by atoms with Crippen molar-refractivity contribution in [1.82, 2.24) is 14.5 Å². The highest BCUT2D eigenvalue weighted by atomic mass is 32.2. The Morgan fingerprint density at radius 3 is 2.48 bits per heavy atom. The number of hydrogen-bond acceptors (Lipinski definition) is 4. The van der Waals surface area contributed by atoms with Crippen LogP contribution in [0.4, 0.5) is 10.5 Å². The van der Waals surface area contributed by atoms with Gasteiger partial charge in [-0.1, -0.05) is 12.1 Å². The standard InChI is InChI=1S/C15H22N4O3S/c16-13-4-1-2-5-14(13)23(21,22)18-10-6-12(7-11-18)19-9-3-8-17-15(19)20/h1-2,4-5,12H,3,6-11,16H2,(H,17,20). The van der Waals surface area contributed by atoms with Gasteiger partial charge in [-0.15, -0.1) is 0 Å². The molecule has 0 spiro atoms. The number of carbonyl (C=O) groups excluding carboxylic acids is 1. The lowest BCUT2D eigenvalue weighted by molar-refractivity contribution is 0.134. The number of piperidine rings is 1. The Morgan fingerprint density at radius 2 is 1.83 bits per heavy atom. The summed E-state index contributed by atoms with van der Waals surface area (Å²) >= 11 is 0.